The Bertz CT molecular complexity index is 3490. The fourth-order valence-corrected chi connectivity index (χ4v) is 8.73. The van der Waals surface area contributed by atoms with Crippen LogP contribution in [0.2, 0.25) is 0 Å². The van der Waals surface area contributed by atoms with E-state index >= 15 is 0 Å². The minimum Gasteiger partial charge on any atom is -0.456 e. The zero-order chi connectivity index (χ0) is 36.7. The van der Waals surface area contributed by atoms with Crippen LogP contribution in [-0.2, 0) is 0 Å². The normalized spacial score (nSPS) is 11.9. The maximum atomic E-state index is 6.97. The summed E-state index contributed by atoms with van der Waals surface area (Å²) in [5, 5.41) is 8.63. The van der Waals surface area contributed by atoms with Gasteiger partial charge in [0.1, 0.15) is 27.9 Å². The summed E-state index contributed by atoms with van der Waals surface area (Å²) in [6, 6.07) is 65.9. The third-order valence-corrected chi connectivity index (χ3v) is 11.2. The van der Waals surface area contributed by atoms with Gasteiger partial charge in [-0.3, -0.25) is 0 Å². The van der Waals surface area contributed by atoms with Crippen molar-refractivity contribution in [1.82, 2.24) is 0 Å². The molecule has 0 aliphatic heterocycles. The van der Waals surface area contributed by atoms with Gasteiger partial charge in [0.05, 0.1) is 5.69 Å². The fraction of sp³-hybridized carbons (Fsp3) is 0. The number of anilines is 3. The lowest BCUT2D eigenvalue weighted by Crippen LogP contribution is -2.10. The van der Waals surface area contributed by atoms with Crippen LogP contribution in [0.3, 0.4) is 0 Å². The molecule has 4 nitrogen and oxygen atoms in total. The lowest BCUT2D eigenvalue weighted by molar-refractivity contribution is 0.664. The second kappa shape index (κ2) is 12.0. The van der Waals surface area contributed by atoms with Crippen LogP contribution in [0.1, 0.15) is 0 Å². The summed E-state index contributed by atoms with van der Waals surface area (Å²) in [5.74, 6) is 0. The number of rotatable bonds is 5. The lowest BCUT2D eigenvalue weighted by Gasteiger charge is -2.26. The largest absolute Gasteiger partial charge is 0.456 e. The van der Waals surface area contributed by atoms with Crippen molar-refractivity contribution >= 4 is 93.7 Å². The van der Waals surface area contributed by atoms with Gasteiger partial charge in [0.15, 0.2) is 5.58 Å². The standard InChI is InChI=1S/C52H31NO3/c1-2-13-32(14-3-1)34-17-10-18-35(29-34)53(44-24-12-23-40-38-20-6-8-25-45(38)55-51(40)44)36-27-28-47-42(30-36)43-31-48-49(41-21-7-9-26-46(41)54-48)50(52(43)56-47)39-22-11-16-33-15-4-5-19-37(33)39/h1-31H. The summed E-state index contributed by atoms with van der Waals surface area (Å²) >= 11 is 0. The van der Waals surface area contributed by atoms with E-state index in [4.69, 9.17) is 13.3 Å². The number of nitrogens with zero attached hydrogens (tertiary/aromatic N) is 1. The minimum atomic E-state index is 0.808. The highest BCUT2D eigenvalue weighted by Gasteiger charge is 2.25. The first-order chi connectivity index (χ1) is 27.8. The molecule has 12 aromatic rings. The minimum absolute atomic E-state index is 0.808. The number of para-hydroxylation sites is 3. The van der Waals surface area contributed by atoms with Crippen molar-refractivity contribution in [2.24, 2.45) is 0 Å². The van der Waals surface area contributed by atoms with Crippen LogP contribution in [0.5, 0.6) is 0 Å². The van der Waals surface area contributed by atoms with Crippen LogP contribution >= 0.6 is 0 Å². The highest BCUT2D eigenvalue weighted by atomic mass is 16.3. The maximum Gasteiger partial charge on any atom is 0.159 e. The van der Waals surface area contributed by atoms with Crippen LogP contribution in [-0.4, -0.2) is 0 Å². The molecule has 4 heteroatoms. The van der Waals surface area contributed by atoms with Crippen molar-refractivity contribution in [1.29, 1.82) is 0 Å². The average molecular weight is 718 g/mol. The van der Waals surface area contributed by atoms with E-state index < -0.39 is 0 Å². The Labute approximate surface area is 321 Å². The van der Waals surface area contributed by atoms with Crippen molar-refractivity contribution in [3.63, 3.8) is 0 Å². The van der Waals surface area contributed by atoms with Gasteiger partial charge >= 0.3 is 0 Å². The zero-order valence-corrected chi connectivity index (χ0v) is 30.1. The van der Waals surface area contributed by atoms with E-state index in [0.29, 0.717) is 0 Å². The number of hydrogen-bond donors (Lipinski definition) is 0. The maximum absolute atomic E-state index is 6.97. The highest BCUT2D eigenvalue weighted by Crippen LogP contribution is 2.49. The van der Waals surface area contributed by atoms with Gasteiger partial charge in [-0.1, -0.05) is 133 Å². The molecule has 12 rings (SSSR count). The second-order valence-electron chi connectivity index (χ2n) is 14.4. The first kappa shape index (κ1) is 30.9. The summed E-state index contributed by atoms with van der Waals surface area (Å²) in [6.45, 7) is 0. The molecule has 262 valence electrons. The Morgan fingerprint density at radius 3 is 1.88 bits per heavy atom. The van der Waals surface area contributed by atoms with Crippen LogP contribution < -0.4 is 4.90 Å². The number of hydrogen-bond acceptors (Lipinski definition) is 4. The summed E-state index contributed by atoms with van der Waals surface area (Å²) in [4.78, 5) is 2.31. The molecule has 0 saturated carbocycles. The Hall–Kier alpha value is -7.56. The van der Waals surface area contributed by atoms with E-state index in [1.54, 1.807) is 0 Å². The first-order valence-electron chi connectivity index (χ1n) is 18.9. The van der Waals surface area contributed by atoms with Gasteiger partial charge in [-0.25, -0.2) is 0 Å². The molecule has 0 amide bonds. The quantitative estimate of drug-likeness (QED) is 0.178. The van der Waals surface area contributed by atoms with Crippen molar-refractivity contribution in [2.45, 2.75) is 0 Å². The van der Waals surface area contributed by atoms with Crippen molar-refractivity contribution < 1.29 is 13.3 Å². The molecule has 0 aliphatic rings. The van der Waals surface area contributed by atoms with Crippen molar-refractivity contribution in [3.05, 3.63) is 188 Å². The zero-order valence-electron chi connectivity index (χ0n) is 30.1. The summed E-state index contributed by atoms with van der Waals surface area (Å²) in [7, 11) is 0. The fourth-order valence-electron chi connectivity index (χ4n) is 8.73. The van der Waals surface area contributed by atoms with Gasteiger partial charge in [-0.2, -0.15) is 0 Å². The monoisotopic (exact) mass is 717 g/mol. The molecule has 0 radical (unpaired) electrons. The van der Waals surface area contributed by atoms with Crippen molar-refractivity contribution in [2.75, 3.05) is 4.90 Å². The van der Waals surface area contributed by atoms with E-state index in [1.807, 2.05) is 24.3 Å². The van der Waals surface area contributed by atoms with Gasteiger partial charge < -0.3 is 18.2 Å². The molecular formula is C52H31NO3. The van der Waals surface area contributed by atoms with E-state index in [0.717, 1.165) is 105 Å². The lowest BCUT2D eigenvalue weighted by atomic mass is 9.93. The molecule has 3 heterocycles. The molecule has 0 spiro atoms. The van der Waals surface area contributed by atoms with Crippen LogP contribution in [0.25, 0.3) is 98.8 Å². The van der Waals surface area contributed by atoms with Gasteiger partial charge in [-0.15, -0.1) is 0 Å². The van der Waals surface area contributed by atoms with Gasteiger partial charge in [-0.05, 0) is 82.1 Å². The third kappa shape index (κ3) is 4.60. The molecule has 0 atom stereocenters. The number of benzene rings is 9. The second-order valence-corrected chi connectivity index (χ2v) is 14.4. The average Bonchev–Trinajstić information content (AvgIpc) is 3.95. The van der Waals surface area contributed by atoms with Crippen LogP contribution in [0.15, 0.2) is 201 Å². The van der Waals surface area contributed by atoms with Crippen LogP contribution in [0, 0.1) is 0 Å². The molecular weight excluding hydrogens is 687 g/mol. The summed E-state index contributed by atoms with van der Waals surface area (Å²) in [5.41, 5.74) is 12.4. The molecule has 56 heavy (non-hydrogen) atoms. The number of furan rings is 3. The van der Waals surface area contributed by atoms with E-state index in [9.17, 15) is 0 Å². The number of fused-ring (bicyclic) bond motifs is 10. The highest BCUT2D eigenvalue weighted by molar-refractivity contribution is 6.25. The Morgan fingerprint density at radius 2 is 0.982 bits per heavy atom. The molecule has 0 fully saturated rings. The molecule has 0 aliphatic carbocycles. The molecule has 0 bridgehead atoms. The van der Waals surface area contributed by atoms with Crippen molar-refractivity contribution in [3.8, 4) is 22.3 Å². The third-order valence-electron chi connectivity index (χ3n) is 11.2. The summed E-state index contributed by atoms with van der Waals surface area (Å²) in [6.07, 6.45) is 0. The molecule has 3 aromatic heterocycles. The predicted molar refractivity (Wildman–Crippen MR) is 231 cm³/mol. The Kier molecular flexibility index (Phi) is 6.60. The van der Waals surface area contributed by atoms with Crippen LogP contribution in [0.4, 0.5) is 17.1 Å². The molecule has 9 aromatic carbocycles. The topological polar surface area (TPSA) is 42.7 Å². The Morgan fingerprint density at radius 1 is 0.339 bits per heavy atom. The molecule has 0 unspecified atom stereocenters. The SMILES string of the molecule is c1ccc(-c2cccc(N(c3ccc4oc5c(-c6cccc7ccccc67)c6c(cc5c4c3)oc3ccccc36)c3cccc4c3oc3ccccc34)c2)cc1. The van der Waals surface area contributed by atoms with Gasteiger partial charge in [0.25, 0.3) is 0 Å². The van der Waals surface area contributed by atoms with E-state index in [2.05, 4.69) is 169 Å². The van der Waals surface area contributed by atoms with Gasteiger partial charge in [0, 0.05) is 49.3 Å². The summed E-state index contributed by atoms with van der Waals surface area (Å²) < 4.78 is 20.3. The molecule has 0 saturated heterocycles. The molecule has 0 N–H and O–H groups in total. The predicted octanol–water partition coefficient (Wildman–Crippen LogP) is 15.3. The van der Waals surface area contributed by atoms with Gasteiger partial charge in [0.2, 0.25) is 0 Å². The van der Waals surface area contributed by atoms with E-state index in [-0.39, 0.29) is 0 Å². The van der Waals surface area contributed by atoms with E-state index in [1.165, 1.54) is 10.8 Å². The first-order valence-corrected chi connectivity index (χ1v) is 18.9. The smallest absolute Gasteiger partial charge is 0.159 e. The Balaban J connectivity index is 1.15.